The zero-order valence-electron chi connectivity index (χ0n) is 14.8. The number of hydrogen-bond donors (Lipinski definition) is 1. The second kappa shape index (κ2) is 8.67. The molecule has 2 amide bonds. The Kier molecular flexibility index (Phi) is 6.59. The molecule has 2 aliphatic rings. The van der Waals surface area contributed by atoms with Crippen molar-refractivity contribution in [1.29, 1.82) is 0 Å². The predicted octanol–water partition coefficient (Wildman–Crippen LogP) is 3.84. The average Bonchev–Trinajstić information content (AvgIpc) is 2.86. The average molecular weight is 328 g/mol. The molecule has 0 saturated carbocycles. The first-order chi connectivity index (χ1) is 11.5. The fourth-order valence-corrected chi connectivity index (χ4v) is 2.85. The van der Waals surface area contributed by atoms with Gasteiger partial charge >= 0.3 is 0 Å². The molecule has 130 valence electrons. The Hall–Kier alpha value is -2.10. The summed E-state index contributed by atoms with van der Waals surface area (Å²) in [6.07, 6.45) is 12.8. The van der Waals surface area contributed by atoms with Crippen LogP contribution in [0.3, 0.4) is 0 Å². The molecule has 1 heterocycles. The van der Waals surface area contributed by atoms with Gasteiger partial charge in [0.1, 0.15) is 0 Å². The van der Waals surface area contributed by atoms with Gasteiger partial charge in [0.2, 0.25) is 5.91 Å². The topological polar surface area (TPSA) is 49.4 Å². The number of carbonyl (C=O) groups is 2. The summed E-state index contributed by atoms with van der Waals surface area (Å²) in [7, 11) is 0. The molecule has 1 aliphatic heterocycles. The van der Waals surface area contributed by atoms with Crippen LogP contribution in [0.2, 0.25) is 0 Å². The molecule has 1 aliphatic carbocycles. The molecule has 4 nitrogen and oxygen atoms in total. The van der Waals surface area contributed by atoms with Crippen molar-refractivity contribution < 1.29 is 9.59 Å². The smallest absolute Gasteiger partial charge is 0.251 e. The van der Waals surface area contributed by atoms with Crippen molar-refractivity contribution in [2.45, 2.75) is 52.4 Å². The van der Waals surface area contributed by atoms with Gasteiger partial charge in [-0.2, -0.15) is 0 Å². The second-order valence-electron chi connectivity index (χ2n) is 6.92. The lowest BCUT2D eigenvalue weighted by molar-refractivity contribution is -0.124. The van der Waals surface area contributed by atoms with Gasteiger partial charge in [-0.05, 0) is 50.2 Å². The monoisotopic (exact) mass is 328 g/mol. The number of nitrogens with zero attached hydrogens (tertiary/aromatic N) is 1. The van der Waals surface area contributed by atoms with Gasteiger partial charge in [-0.1, -0.05) is 32.1 Å². The summed E-state index contributed by atoms with van der Waals surface area (Å²) >= 11 is 0. The molecule has 2 rings (SSSR count). The van der Waals surface area contributed by atoms with Crippen molar-refractivity contribution in [3.63, 3.8) is 0 Å². The highest BCUT2D eigenvalue weighted by molar-refractivity contribution is 5.93. The Bertz CT molecular complexity index is 579. The van der Waals surface area contributed by atoms with Crippen LogP contribution in [0, 0.1) is 5.92 Å². The molecule has 0 fully saturated rings. The third kappa shape index (κ3) is 5.52. The number of carbonyl (C=O) groups excluding carboxylic acids is 2. The quantitative estimate of drug-likeness (QED) is 0.736. The molecular weight excluding hydrogens is 300 g/mol. The molecule has 0 radical (unpaired) electrons. The van der Waals surface area contributed by atoms with E-state index in [-0.39, 0.29) is 11.8 Å². The van der Waals surface area contributed by atoms with E-state index in [4.69, 9.17) is 0 Å². The normalized spacial score (nSPS) is 17.4. The number of hydrogen-bond acceptors (Lipinski definition) is 2. The van der Waals surface area contributed by atoms with E-state index in [0.717, 1.165) is 30.9 Å². The molecular formula is C20H28N2O2. The van der Waals surface area contributed by atoms with Gasteiger partial charge in [0.25, 0.3) is 5.91 Å². The minimum Gasteiger partial charge on any atom is -0.330 e. The maximum absolute atomic E-state index is 12.0. The van der Waals surface area contributed by atoms with Gasteiger partial charge in [0.15, 0.2) is 0 Å². The lowest BCUT2D eigenvalue weighted by atomic mass is 9.95. The van der Waals surface area contributed by atoms with Crippen LogP contribution < -0.4 is 5.32 Å². The Morgan fingerprint density at radius 3 is 2.67 bits per heavy atom. The van der Waals surface area contributed by atoms with E-state index in [0.29, 0.717) is 25.1 Å². The Morgan fingerprint density at radius 1 is 1.29 bits per heavy atom. The Morgan fingerprint density at radius 2 is 2.08 bits per heavy atom. The number of rotatable bonds is 8. The summed E-state index contributed by atoms with van der Waals surface area (Å²) in [5.41, 5.74) is 3.17. The highest BCUT2D eigenvalue weighted by Gasteiger charge is 2.18. The van der Waals surface area contributed by atoms with Crippen LogP contribution in [0.25, 0.3) is 0 Å². The van der Waals surface area contributed by atoms with E-state index < -0.39 is 0 Å². The summed E-state index contributed by atoms with van der Waals surface area (Å²) in [6.45, 7) is 8.83. The summed E-state index contributed by atoms with van der Waals surface area (Å²) in [6, 6.07) is 0. The van der Waals surface area contributed by atoms with Crippen molar-refractivity contribution in [2.75, 3.05) is 6.54 Å². The Labute approximate surface area is 145 Å². The van der Waals surface area contributed by atoms with Crippen LogP contribution >= 0.6 is 0 Å². The maximum atomic E-state index is 12.0. The van der Waals surface area contributed by atoms with Crippen LogP contribution in [0.15, 0.2) is 47.9 Å². The van der Waals surface area contributed by atoms with Crippen LogP contribution in [0.1, 0.15) is 52.4 Å². The molecule has 4 heteroatoms. The van der Waals surface area contributed by atoms with E-state index in [9.17, 15) is 9.59 Å². The summed E-state index contributed by atoms with van der Waals surface area (Å²) in [4.78, 5) is 25.2. The second-order valence-corrected chi connectivity index (χ2v) is 6.92. The number of amides is 2. The Balaban J connectivity index is 1.69. The van der Waals surface area contributed by atoms with Gasteiger partial charge in [-0.25, -0.2) is 0 Å². The first-order valence-corrected chi connectivity index (χ1v) is 8.82. The third-order valence-corrected chi connectivity index (χ3v) is 4.40. The van der Waals surface area contributed by atoms with Gasteiger partial charge < -0.3 is 10.2 Å². The first kappa shape index (κ1) is 18.2. The van der Waals surface area contributed by atoms with Crippen molar-refractivity contribution in [3.8, 4) is 0 Å². The molecule has 0 atom stereocenters. The molecule has 0 bridgehead atoms. The largest absolute Gasteiger partial charge is 0.330 e. The standard InChI is InChI=1S/C20H28N2O2/c1-15(2)6-8-17-9-11-18(12-10-17)21-19(23)5-4-14-22-16(3)7-13-20(22)24/h7,9,11,13,15H,3-6,8,10,12,14H2,1-2H3,(H,21,23). The fourth-order valence-electron chi connectivity index (χ4n) is 2.85. The predicted molar refractivity (Wildman–Crippen MR) is 96.8 cm³/mol. The lowest BCUT2D eigenvalue weighted by Crippen LogP contribution is -2.27. The molecule has 0 aromatic carbocycles. The zero-order chi connectivity index (χ0) is 17.5. The molecule has 0 aromatic heterocycles. The molecule has 0 aromatic rings. The number of nitrogens with one attached hydrogen (secondary N) is 1. The van der Waals surface area contributed by atoms with Gasteiger partial charge in [-0.3, -0.25) is 9.59 Å². The molecule has 0 spiro atoms. The maximum Gasteiger partial charge on any atom is 0.251 e. The van der Waals surface area contributed by atoms with Crippen LogP contribution in [-0.4, -0.2) is 23.3 Å². The minimum absolute atomic E-state index is 0.0190. The van der Waals surface area contributed by atoms with Crippen molar-refractivity contribution in [1.82, 2.24) is 10.2 Å². The van der Waals surface area contributed by atoms with E-state index in [1.807, 2.05) is 6.08 Å². The van der Waals surface area contributed by atoms with Gasteiger partial charge in [0, 0.05) is 30.4 Å². The lowest BCUT2D eigenvalue weighted by Gasteiger charge is -2.18. The van der Waals surface area contributed by atoms with E-state index in [1.54, 1.807) is 11.0 Å². The molecule has 0 saturated heterocycles. The zero-order valence-corrected chi connectivity index (χ0v) is 14.8. The van der Waals surface area contributed by atoms with Crippen LogP contribution in [-0.2, 0) is 9.59 Å². The molecule has 0 unspecified atom stereocenters. The SMILES string of the molecule is C=C1C=CC(=O)N1CCCC(=O)NC1=CC=C(CCC(C)C)CC1. The summed E-state index contributed by atoms with van der Waals surface area (Å²) in [5.74, 6) is 0.699. The highest BCUT2D eigenvalue weighted by Crippen LogP contribution is 2.22. The third-order valence-electron chi connectivity index (χ3n) is 4.40. The minimum atomic E-state index is -0.0468. The van der Waals surface area contributed by atoms with Gasteiger partial charge in [-0.15, -0.1) is 0 Å². The first-order valence-electron chi connectivity index (χ1n) is 8.82. The van der Waals surface area contributed by atoms with Gasteiger partial charge in [0.05, 0.1) is 0 Å². The summed E-state index contributed by atoms with van der Waals surface area (Å²) < 4.78 is 0. The summed E-state index contributed by atoms with van der Waals surface area (Å²) in [5, 5.41) is 2.99. The van der Waals surface area contributed by atoms with Crippen molar-refractivity contribution >= 4 is 11.8 Å². The van der Waals surface area contributed by atoms with Crippen molar-refractivity contribution in [2.24, 2.45) is 5.92 Å². The van der Waals surface area contributed by atoms with E-state index in [2.05, 4.69) is 31.8 Å². The fraction of sp³-hybridized carbons (Fsp3) is 0.500. The highest BCUT2D eigenvalue weighted by atomic mass is 16.2. The van der Waals surface area contributed by atoms with Crippen LogP contribution in [0.5, 0.6) is 0 Å². The molecule has 24 heavy (non-hydrogen) atoms. The molecule has 1 N–H and O–H groups in total. The number of allylic oxidation sites excluding steroid dienone is 5. The van der Waals surface area contributed by atoms with E-state index in [1.165, 1.54) is 18.1 Å². The van der Waals surface area contributed by atoms with E-state index >= 15 is 0 Å². The van der Waals surface area contributed by atoms with Crippen molar-refractivity contribution in [3.05, 3.63) is 47.9 Å². The van der Waals surface area contributed by atoms with Crippen LogP contribution in [0.4, 0.5) is 0 Å².